The normalized spacial score (nSPS) is 12.7. The highest BCUT2D eigenvalue weighted by Crippen LogP contribution is 2.41. The molecule has 220 valence electrons. The smallest absolute Gasteiger partial charge is 0.119 e. The van der Waals surface area contributed by atoms with Gasteiger partial charge in [-0.2, -0.15) is 0 Å². The molecule has 0 saturated carbocycles. The number of para-hydroxylation sites is 1. The zero-order chi connectivity index (χ0) is 30.9. The summed E-state index contributed by atoms with van der Waals surface area (Å²) >= 11 is 0. The van der Waals surface area contributed by atoms with E-state index < -0.39 is 0 Å². The van der Waals surface area contributed by atoms with Gasteiger partial charge in [-0.1, -0.05) is 103 Å². The first-order chi connectivity index (χ1) is 23.3. The molecule has 1 aliphatic heterocycles. The second-order valence-corrected chi connectivity index (χ2v) is 12.3. The fourth-order valence-corrected chi connectivity index (χ4v) is 7.47. The van der Waals surface area contributed by atoms with Crippen molar-refractivity contribution in [3.8, 4) is 39.5 Å². The molecule has 0 radical (unpaired) electrons. The standard InChI is InChI=1S/C43H28N4/c1-2-15-40-34(12-1)36-13-7-23-45-43(36)47(40)32-11-6-10-30(24-32)31-25-38(46-39(26-31)37-14-3-4-22-44-37)33-20-18-29-17-16-27-8-5-9-28-19-21-35(33)42(29)41(27)28/h1-22,24-26,45H,23H2. The molecule has 4 nitrogen and oxygen atoms in total. The van der Waals surface area contributed by atoms with E-state index in [2.05, 4.69) is 137 Å². The van der Waals surface area contributed by atoms with Gasteiger partial charge in [-0.05, 0) is 85.9 Å². The van der Waals surface area contributed by atoms with Crippen molar-refractivity contribution < 1.29 is 0 Å². The van der Waals surface area contributed by atoms with E-state index >= 15 is 0 Å². The molecular weight excluding hydrogens is 573 g/mol. The number of rotatable bonds is 4. The van der Waals surface area contributed by atoms with Crippen LogP contribution in [0, 0.1) is 0 Å². The molecule has 0 atom stereocenters. The summed E-state index contributed by atoms with van der Waals surface area (Å²) in [6.07, 6.45) is 6.26. The first-order valence-electron chi connectivity index (χ1n) is 16.1. The van der Waals surface area contributed by atoms with Crippen molar-refractivity contribution in [2.45, 2.75) is 0 Å². The van der Waals surface area contributed by atoms with Crippen LogP contribution in [0.15, 0.2) is 146 Å². The fourth-order valence-electron chi connectivity index (χ4n) is 7.47. The summed E-state index contributed by atoms with van der Waals surface area (Å²) in [5, 5.41) is 12.5. The first kappa shape index (κ1) is 26.0. The Morgan fingerprint density at radius 3 is 2.26 bits per heavy atom. The van der Waals surface area contributed by atoms with Gasteiger partial charge in [0, 0.05) is 34.9 Å². The minimum Gasteiger partial charge on any atom is -0.367 e. The van der Waals surface area contributed by atoms with Gasteiger partial charge in [-0.3, -0.25) is 9.55 Å². The quantitative estimate of drug-likeness (QED) is 0.204. The fraction of sp³-hybridized carbons (Fsp3) is 0.0233. The molecule has 1 N–H and O–H groups in total. The van der Waals surface area contributed by atoms with Crippen molar-refractivity contribution in [1.29, 1.82) is 0 Å². The van der Waals surface area contributed by atoms with Crippen LogP contribution >= 0.6 is 0 Å². The van der Waals surface area contributed by atoms with Crippen molar-refractivity contribution in [3.63, 3.8) is 0 Å². The van der Waals surface area contributed by atoms with E-state index in [1.807, 2.05) is 24.4 Å². The largest absolute Gasteiger partial charge is 0.367 e. The molecule has 3 aromatic heterocycles. The third-order valence-electron chi connectivity index (χ3n) is 9.58. The highest BCUT2D eigenvalue weighted by atomic mass is 15.1. The third kappa shape index (κ3) is 4.01. The van der Waals surface area contributed by atoms with Crippen LogP contribution in [0.5, 0.6) is 0 Å². The summed E-state index contributed by atoms with van der Waals surface area (Å²) in [6.45, 7) is 0.809. The number of nitrogens with zero attached hydrogens (tertiary/aromatic N) is 3. The molecule has 1 aliphatic rings. The predicted octanol–water partition coefficient (Wildman–Crippen LogP) is 10.8. The number of fused-ring (bicyclic) bond motifs is 3. The van der Waals surface area contributed by atoms with Gasteiger partial charge in [-0.25, -0.2) is 4.98 Å². The topological polar surface area (TPSA) is 42.7 Å². The summed E-state index contributed by atoms with van der Waals surface area (Å²) in [4.78, 5) is 9.97. The Morgan fingerprint density at radius 1 is 0.574 bits per heavy atom. The van der Waals surface area contributed by atoms with E-state index in [0.717, 1.165) is 51.8 Å². The SMILES string of the molecule is C1=Cc2c(n(-c3cccc(-c4cc(-c5ccccn5)nc(-c5ccc6ccc7cccc8ccc5c6c78)c4)c3)c3ccccc23)NC1. The Labute approximate surface area is 271 Å². The number of benzene rings is 6. The molecule has 0 bridgehead atoms. The minimum atomic E-state index is 0.809. The molecule has 10 rings (SSSR count). The predicted molar refractivity (Wildman–Crippen MR) is 196 cm³/mol. The average molecular weight is 601 g/mol. The average Bonchev–Trinajstić information content (AvgIpc) is 3.48. The number of hydrogen-bond donors (Lipinski definition) is 1. The Hall–Kier alpha value is -6.26. The van der Waals surface area contributed by atoms with Gasteiger partial charge in [0.2, 0.25) is 0 Å². The van der Waals surface area contributed by atoms with Crippen LogP contribution in [0.3, 0.4) is 0 Å². The first-order valence-corrected chi connectivity index (χ1v) is 16.1. The second-order valence-electron chi connectivity index (χ2n) is 12.3. The van der Waals surface area contributed by atoms with Crippen molar-refractivity contribution in [3.05, 3.63) is 151 Å². The van der Waals surface area contributed by atoms with E-state index in [1.54, 1.807) is 0 Å². The van der Waals surface area contributed by atoms with E-state index in [-0.39, 0.29) is 0 Å². The third-order valence-corrected chi connectivity index (χ3v) is 9.58. The van der Waals surface area contributed by atoms with Gasteiger partial charge in [-0.15, -0.1) is 0 Å². The molecule has 6 aromatic carbocycles. The summed E-state index contributed by atoms with van der Waals surface area (Å²) in [6, 6.07) is 47.9. The molecule has 4 heterocycles. The lowest BCUT2D eigenvalue weighted by atomic mass is 9.90. The van der Waals surface area contributed by atoms with Gasteiger partial charge < -0.3 is 5.32 Å². The van der Waals surface area contributed by atoms with Crippen molar-refractivity contribution in [2.24, 2.45) is 0 Å². The summed E-state index contributed by atoms with van der Waals surface area (Å²) < 4.78 is 2.35. The van der Waals surface area contributed by atoms with E-state index in [0.29, 0.717) is 0 Å². The Kier molecular flexibility index (Phi) is 5.60. The van der Waals surface area contributed by atoms with Crippen LogP contribution in [-0.2, 0) is 0 Å². The van der Waals surface area contributed by atoms with Crippen LogP contribution in [0.4, 0.5) is 5.82 Å². The highest BCUT2D eigenvalue weighted by Gasteiger charge is 2.19. The maximum atomic E-state index is 5.27. The number of nitrogens with one attached hydrogen (secondary N) is 1. The lowest BCUT2D eigenvalue weighted by molar-refractivity contribution is 1.09. The van der Waals surface area contributed by atoms with Gasteiger partial charge in [0.25, 0.3) is 0 Å². The van der Waals surface area contributed by atoms with Gasteiger partial charge >= 0.3 is 0 Å². The Balaban J connectivity index is 1.20. The van der Waals surface area contributed by atoms with Gasteiger partial charge in [0.15, 0.2) is 0 Å². The molecule has 0 unspecified atom stereocenters. The van der Waals surface area contributed by atoms with Crippen molar-refractivity contribution >= 4 is 55.1 Å². The van der Waals surface area contributed by atoms with Gasteiger partial charge in [0.1, 0.15) is 5.82 Å². The molecule has 0 fully saturated rings. The number of aromatic nitrogens is 3. The second kappa shape index (κ2) is 10.1. The molecule has 0 amide bonds. The van der Waals surface area contributed by atoms with Crippen LogP contribution in [0.1, 0.15) is 5.56 Å². The summed E-state index contributed by atoms with van der Waals surface area (Å²) in [5.41, 5.74) is 9.51. The number of anilines is 1. The lowest BCUT2D eigenvalue weighted by Crippen LogP contribution is -2.08. The zero-order valence-corrected chi connectivity index (χ0v) is 25.5. The molecule has 0 spiro atoms. The molecule has 47 heavy (non-hydrogen) atoms. The Bertz CT molecular complexity index is 2670. The lowest BCUT2D eigenvalue weighted by Gasteiger charge is -2.17. The van der Waals surface area contributed by atoms with E-state index in [1.165, 1.54) is 48.8 Å². The van der Waals surface area contributed by atoms with Crippen molar-refractivity contribution in [2.75, 3.05) is 11.9 Å². The zero-order valence-electron chi connectivity index (χ0n) is 25.5. The monoisotopic (exact) mass is 600 g/mol. The summed E-state index contributed by atoms with van der Waals surface area (Å²) in [5.74, 6) is 1.13. The highest BCUT2D eigenvalue weighted by molar-refractivity contribution is 6.25. The minimum absolute atomic E-state index is 0.809. The van der Waals surface area contributed by atoms with Crippen LogP contribution in [0.2, 0.25) is 0 Å². The molecular formula is C43H28N4. The van der Waals surface area contributed by atoms with E-state index in [9.17, 15) is 0 Å². The Morgan fingerprint density at radius 2 is 1.36 bits per heavy atom. The number of pyridine rings is 2. The molecule has 0 aliphatic carbocycles. The molecule has 9 aromatic rings. The molecule has 4 heteroatoms. The maximum Gasteiger partial charge on any atom is 0.119 e. The molecule has 0 saturated heterocycles. The van der Waals surface area contributed by atoms with Crippen molar-refractivity contribution in [1.82, 2.24) is 14.5 Å². The van der Waals surface area contributed by atoms with E-state index in [4.69, 9.17) is 9.97 Å². The van der Waals surface area contributed by atoms with Gasteiger partial charge in [0.05, 0.1) is 22.6 Å². The maximum absolute atomic E-state index is 5.27. The van der Waals surface area contributed by atoms with Crippen LogP contribution in [0.25, 0.3) is 88.8 Å². The van der Waals surface area contributed by atoms with Crippen LogP contribution < -0.4 is 5.32 Å². The van der Waals surface area contributed by atoms with Crippen LogP contribution in [-0.4, -0.2) is 21.1 Å². The summed E-state index contributed by atoms with van der Waals surface area (Å²) in [7, 11) is 0. The number of hydrogen-bond acceptors (Lipinski definition) is 3.